The van der Waals surface area contributed by atoms with E-state index in [9.17, 15) is 9.59 Å². The maximum atomic E-state index is 12.1. The first-order valence-electron chi connectivity index (χ1n) is 6.67. The molecule has 2 amide bonds. The molecule has 0 atom stereocenters. The largest absolute Gasteiger partial charge is 0.355 e. The van der Waals surface area contributed by atoms with Gasteiger partial charge in [-0.1, -0.05) is 18.2 Å². The van der Waals surface area contributed by atoms with E-state index in [0.717, 1.165) is 5.56 Å². The Morgan fingerprint density at radius 2 is 1.90 bits per heavy atom. The van der Waals surface area contributed by atoms with Gasteiger partial charge < -0.3 is 10.6 Å². The van der Waals surface area contributed by atoms with E-state index in [2.05, 4.69) is 10.6 Å². The number of rotatable bonds is 4. The van der Waals surface area contributed by atoms with Crippen molar-refractivity contribution in [3.05, 3.63) is 51.9 Å². The van der Waals surface area contributed by atoms with Crippen LogP contribution in [0.5, 0.6) is 0 Å². The van der Waals surface area contributed by atoms with Crippen LogP contribution in [0.2, 0.25) is 0 Å². The molecule has 2 N–H and O–H groups in total. The Labute approximate surface area is 128 Å². The molecule has 0 radical (unpaired) electrons. The van der Waals surface area contributed by atoms with Crippen molar-refractivity contribution in [2.75, 3.05) is 12.4 Å². The van der Waals surface area contributed by atoms with Gasteiger partial charge in [0.15, 0.2) is 0 Å². The van der Waals surface area contributed by atoms with Gasteiger partial charge in [-0.05, 0) is 42.0 Å². The van der Waals surface area contributed by atoms with Gasteiger partial charge in [0.2, 0.25) is 5.91 Å². The lowest BCUT2D eigenvalue weighted by molar-refractivity contribution is -0.115. The standard InChI is InChI=1S/C16H18N2O2S/c1-10-4-5-12(8-11(10)2)9-14(19)18-16-13(6-7-21-16)15(20)17-3/h4-8H,9H2,1-3H3,(H,17,20)(H,18,19). The summed E-state index contributed by atoms with van der Waals surface area (Å²) >= 11 is 1.34. The molecule has 0 spiro atoms. The fourth-order valence-corrected chi connectivity index (χ4v) is 2.79. The molecule has 0 unspecified atom stereocenters. The number of amides is 2. The number of aryl methyl sites for hydroxylation is 2. The minimum atomic E-state index is -0.197. The van der Waals surface area contributed by atoms with Crippen molar-refractivity contribution in [2.24, 2.45) is 0 Å². The summed E-state index contributed by atoms with van der Waals surface area (Å²) in [6.45, 7) is 4.07. The van der Waals surface area contributed by atoms with Gasteiger partial charge in [-0.3, -0.25) is 9.59 Å². The minimum Gasteiger partial charge on any atom is -0.355 e. The van der Waals surface area contributed by atoms with Crippen LogP contribution in [0.4, 0.5) is 5.00 Å². The number of anilines is 1. The van der Waals surface area contributed by atoms with Crippen molar-refractivity contribution in [3.63, 3.8) is 0 Å². The van der Waals surface area contributed by atoms with Crippen LogP contribution >= 0.6 is 11.3 Å². The van der Waals surface area contributed by atoms with Gasteiger partial charge >= 0.3 is 0 Å². The summed E-state index contributed by atoms with van der Waals surface area (Å²) in [5.41, 5.74) is 3.84. The van der Waals surface area contributed by atoms with Crippen molar-refractivity contribution in [3.8, 4) is 0 Å². The second kappa shape index (κ2) is 6.54. The summed E-state index contributed by atoms with van der Waals surface area (Å²) in [7, 11) is 1.57. The topological polar surface area (TPSA) is 58.2 Å². The molecule has 0 bridgehead atoms. The Morgan fingerprint density at radius 3 is 2.57 bits per heavy atom. The van der Waals surface area contributed by atoms with E-state index in [1.165, 1.54) is 22.5 Å². The van der Waals surface area contributed by atoms with E-state index in [0.29, 0.717) is 17.0 Å². The third-order valence-electron chi connectivity index (χ3n) is 3.33. The normalized spacial score (nSPS) is 10.2. The molecular formula is C16H18N2O2S. The SMILES string of the molecule is CNC(=O)c1ccsc1NC(=O)Cc1ccc(C)c(C)c1. The van der Waals surface area contributed by atoms with Crippen LogP contribution in [-0.2, 0) is 11.2 Å². The van der Waals surface area contributed by atoms with Crippen molar-refractivity contribution < 1.29 is 9.59 Å². The summed E-state index contributed by atoms with van der Waals surface area (Å²) in [5.74, 6) is -0.316. The van der Waals surface area contributed by atoms with Crippen molar-refractivity contribution in [2.45, 2.75) is 20.3 Å². The molecule has 110 valence electrons. The Bertz CT molecular complexity index is 677. The molecule has 21 heavy (non-hydrogen) atoms. The van der Waals surface area contributed by atoms with Crippen LogP contribution in [0.3, 0.4) is 0 Å². The number of carbonyl (C=O) groups is 2. The third-order valence-corrected chi connectivity index (χ3v) is 4.16. The molecule has 0 aliphatic heterocycles. The van der Waals surface area contributed by atoms with E-state index in [4.69, 9.17) is 0 Å². The van der Waals surface area contributed by atoms with Crippen LogP contribution in [0.15, 0.2) is 29.6 Å². The van der Waals surface area contributed by atoms with Gasteiger partial charge in [-0.25, -0.2) is 0 Å². The van der Waals surface area contributed by atoms with E-state index < -0.39 is 0 Å². The Kier molecular flexibility index (Phi) is 4.75. The lowest BCUT2D eigenvalue weighted by Crippen LogP contribution is -2.20. The van der Waals surface area contributed by atoms with Crippen LogP contribution in [0.25, 0.3) is 0 Å². The van der Waals surface area contributed by atoms with Gasteiger partial charge in [0.1, 0.15) is 5.00 Å². The van der Waals surface area contributed by atoms with Gasteiger partial charge in [0.05, 0.1) is 12.0 Å². The van der Waals surface area contributed by atoms with Crippen LogP contribution in [0, 0.1) is 13.8 Å². The van der Waals surface area contributed by atoms with Crippen molar-refractivity contribution in [1.82, 2.24) is 5.32 Å². The average molecular weight is 302 g/mol. The molecular weight excluding hydrogens is 284 g/mol. The van der Waals surface area contributed by atoms with Crippen LogP contribution < -0.4 is 10.6 Å². The molecule has 0 aliphatic carbocycles. The Hall–Kier alpha value is -2.14. The van der Waals surface area contributed by atoms with Crippen molar-refractivity contribution in [1.29, 1.82) is 0 Å². The summed E-state index contributed by atoms with van der Waals surface area (Å²) in [6, 6.07) is 7.69. The number of hydrogen-bond acceptors (Lipinski definition) is 3. The lowest BCUT2D eigenvalue weighted by Gasteiger charge is -2.07. The fourth-order valence-electron chi connectivity index (χ4n) is 1.99. The molecule has 2 rings (SSSR count). The fraction of sp³-hybridized carbons (Fsp3) is 0.250. The van der Waals surface area contributed by atoms with Crippen LogP contribution in [0.1, 0.15) is 27.0 Å². The third kappa shape index (κ3) is 3.70. The summed E-state index contributed by atoms with van der Waals surface area (Å²) in [6.07, 6.45) is 0.298. The quantitative estimate of drug-likeness (QED) is 0.912. The second-order valence-corrected chi connectivity index (χ2v) is 5.80. The molecule has 2 aromatic rings. The Balaban J connectivity index is 2.07. The minimum absolute atomic E-state index is 0.120. The highest BCUT2D eigenvalue weighted by Gasteiger charge is 2.14. The maximum Gasteiger partial charge on any atom is 0.254 e. The molecule has 0 aliphatic rings. The first kappa shape index (κ1) is 15.3. The predicted octanol–water partition coefficient (Wildman–Crippen LogP) is 2.91. The first-order chi connectivity index (χ1) is 10.0. The highest BCUT2D eigenvalue weighted by Crippen LogP contribution is 2.23. The summed E-state index contributed by atoms with van der Waals surface area (Å²) in [4.78, 5) is 23.8. The number of thiophene rings is 1. The molecule has 1 heterocycles. The molecule has 4 nitrogen and oxygen atoms in total. The number of benzene rings is 1. The number of hydrogen-bond donors (Lipinski definition) is 2. The molecule has 0 saturated heterocycles. The molecule has 1 aromatic heterocycles. The van der Waals surface area contributed by atoms with Gasteiger partial charge in [0.25, 0.3) is 5.91 Å². The smallest absolute Gasteiger partial charge is 0.254 e. The molecule has 1 aromatic carbocycles. The van der Waals surface area contributed by atoms with Gasteiger partial charge in [0, 0.05) is 7.05 Å². The van der Waals surface area contributed by atoms with E-state index in [1.54, 1.807) is 18.5 Å². The van der Waals surface area contributed by atoms with E-state index in [-0.39, 0.29) is 11.8 Å². The van der Waals surface area contributed by atoms with E-state index >= 15 is 0 Å². The van der Waals surface area contributed by atoms with Gasteiger partial charge in [-0.15, -0.1) is 11.3 Å². The second-order valence-electron chi connectivity index (χ2n) is 4.89. The highest BCUT2D eigenvalue weighted by atomic mass is 32.1. The Morgan fingerprint density at radius 1 is 1.14 bits per heavy atom. The zero-order valence-corrected chi connectivity index (χ0v) is 13.1. The van der Waals surface area contributed by atoms with Crippen LogP contribution in [-0.4, -0.2) is 18.9 Å². The highest BCUT2D eigenvalue weighted by molar-refractivity contribution is 7.14. The molecule has 0 fully saturated rings. The summed E-state index contributed by atoms with van der Waals surface area (Å²) < 4.78 is 0. The van der Waals surface area contributed by atoms with E-state index in [1.807, 2.05) is 32.0 Å². The molecule has 0 saturated carbocycles. The molecule has 5 heteroatoms. The first-order valence-corrected chi connectivity index (χ1v) is 7.54. The number of carbonyl (C=O) groups excluding carboxylic acids is 2. The maximum absolute atomic E-state index is 12.1. The monoisotopic (exact) mass is 302 g/mol. The predicted molar refractivity (Wildman–Crippen MR) is 86.0 cm³/mol. The average Bonchev–Trinajstić information content (AvgIpc) is 2.90. The summed E-state index contributed by atoms with van der Waals surface area (Å²) in [5, 5.41) is 7.74. The zero-order valence-electron chi connectivity index (χ0n) is 12.3. The lowest BCUT2D eigenvalue weighted by atomic mass is 10.0. The zero-order chi connectivity index (χ0) is 15.4. The van der Waals surface area contributed by atoms with Crippen molar-refractivity contribution >= 4 is 28.2 Å². The van der Waals surface area contributed by atoms with Gasteiger partial charge in [-0.2, -0.15) is 0 Å². The number of nitrogens with one attached hydrogen (secondary N) is 2.